The molecule has 1 aliphatic heterocycles. The average molecular weight is 464 g/mol. The van der Waals surface area contributed by atoms with Crippen molar-refractivity contribution in [3.63, 3.8) is 0 Å². The van der Waals surface area contributed by atoms with E-state index in [-0.39, 0.29) is 11.2 Å². The van der Waals surface area contributed by atoms with Gasteiger partial charge < -0.3 is 4.57 Å². The van der Waals surface area contributed by atoms with E-state index >= 15 is 0 Å². The second-order valence-electron chi connectivity index (χ2n) is 8.27. The van der Waals surface area contributed by atoms with Crippen LogP contribution in [0.2, 0.25) is 10.0 Å². The Labute approximate surface area is 190 Å². The van der Waals surface area contributed by atoms with Crippen molar-refractivity contribution in [3.8, 4) is 0 Å². The molecule has 2 aromatic heterocycles. The Hall–Kier alpha value is -2.09. The minimum atomic E-state index is -0.382. The summed E-state index contributed by atoms with van der Waals surface area (Å²) in [7, 11) is 3.15. The fourth-order valence-electron chi connectivity index (χ4n) is 4.52. The molecule has 0 unspecified atom stereocenters. The van der Waals surface area contributed by atoms with Crippen LogP contribution < -0.4 is 11.2 Å². The molecule has 1 aliphatic rings. The molecule has 1 fully saturated rings. The molecule has 1 saturated heterocycles. The third-order valence-electron chi connectivity index (χ3n) is 6.32. The summed E-state index contributed by atoms with van der Waals surface area (Å²) < 4.78 is 4.51. The van der Waals surface area contributed by atoms with Crippen molar-refractivity contribution in [2.24, 2.45) is 14.1 Å². The van der Waals surface area contributed by atoms with E-state index in [0.717, 1.165) is 35.3 Å². The SMILES string of the molecule is CC[C@@H]1CCCCN1Cc1nc2c(c(=O)n(C)c(=O)n2C)n1Cc1ccc(Cl)c(Cl)c1. The Morgan fingerprint density at radius 3 is 2.55 bits per heavy atom. The molecule has 0 aliphatic carbocycles. The van der Waals surface area contributed by atoms with Crippen molar-refractivity contribution in [2.75, 3.05) is 6.54 Å². The smallest absolute Gasteiger partial charge is 0.317 e. The monoisotopic (exact) mass is 463 g/mol. The Bertz CT molecular complexity index is 1240. The molecule has 3 aromatic rings. The summed E-state index contributed by atoms with van der Waals surface area (Å²) in [6.07, 6.45) is 4.64. The van der Waals surface area contributed by atoms with Gasteiger partial charge in [0, 0.05) is 26.7 Å². The van der Waals surface area contributed by atoms with Crippen LogP contribution in [-0.4, -0.2) is 36.2 Å². The fraction of sp³-hybridized carbons (Fsp3) is 0.500. The molecule has 9 heteroatoms. The van der Waals surface area contributed by atoms with Crippen molar-refractivity contribution in [1.82, 2.24) is 23.6 Å². The summed E-state index contributed by atoms with van der Waals surface area (Å²) in [5.41, 5.74) is 1.02. The van der Waals surface area contributed by atoms with E-state index in [9.17, 15) is 9.59 Å². The molecule has 7 nitrogen and oxygen atoms in total. The highest BCUT2D eigenvalue weighted by Crippen LogP contribution is 2.26. The van der Waals surface area contributed by atoms with Crippen LogP contribution in [0.15, 0.2) is 27.8 Å². The Kier molecular flexibility index (Phi) is 6.28. The topological polar surface area (TPSA) is 65.1 Å². The van der Waals surface area contributed by atoms with Gasteiger partial charge in [-0.15, -0.1) is 0 Å². The molecular weight excluding hydrogens is 437 g/mol. The highest BCUT2D eigenvalue weighted by Gasteiger charge is 2.25. The summed E-state index contributed by atoms with van der Waals surface area (Å²) in [6.45, 7) is 4.26. The number of fused-ring (bicyclic) bond motifs is 1. The minimum absolute atomic E-state index is 0.345. The largest absolute Gasteiger partial charge is 0.332 e. The van der Waals surface area contributed by atoms with Crippen molar-refractivity contribution in [1.29, 1.82) is 0 Å². The van der Waals surface area contributed by atoms with E-state index in [0.29, 0.717) is 40.3 Å². The standard InChI is InChI=1S/C22H27Cl2N5O2/c1-4-15-7-5-6-10-28(15)13-18-25-20-19(21(30)27(3)22(31)26(20)2)29(18)12-14-8-9-16(23)17(24)11-14/h8-9,11,15H,4-7,10,12-13H2,1-3H3/t15-/m1/s1. The van der Waals surface area contributed by atoms with E-state index < -0.39 is 0 Å². The van der Waals surface area contributed by atoms with E-state index in [2.05, 4.69) is 11.8 Å². The molecule has 1 aromatic carbocycles. The van der Waals surface area contributed by atoms with Crippen LogP contribution in [0.3, 0.4) is 0 Å². The van der Waals surface area contributed by atoms with Gasteiger partial charge in [0.2, 0.25) is 0 Å². The quantitative estimate of drug-likeness (QED) is 0.580. The number of hydrogen-bond acceptors (Lipinski definition) is 4. The Balaban J connectivity index is 1.87. The van der Waals surface area contributed by atoms with Crippen molar-refractivity contribution < 1.29 is 0 Å². The minimum Gasteiger partial charge on any atom is -0.317 e. The van der Waals surface area contributed by atoms with Gasteiger partial charge in [0.25, 0.3) is 5.56 Å². The second-order valence-corrected chi connectivity index (χ2v) is 9.08. The zero-order chi connectivity index (χ0) is 22.3. The number of likely N-dealkylation sites (tertiary alicyclic amines) is 1. The molecule has 4 rings (SSSR count). The molecule has 0 N–H and O–H groups in total. The molecule has 0 saturated carbocycles. The first kappa shape index (κ1) is 22.1. The second kappa shape index (κ2) is 8.81. The van der Waals surface area contributed by atoms with E-state index in [4.69, 9.17) is 28.2 Å². The van der Waals surface area contributed by atoms with Crippen LogP contribution in [0.4, 0.5) is 0 Å². The zero-order valence-corrected chi connectivity index (χ0v) is 19.6. The first-order valence-corrected chi connectivity index (χ1v) is 11.4. The molecule has 31 heavy (non-hydrogen) atoms. The molecule has 1 atom stereocenters. The number of rotatable bonds is 5. The van der Waals surface area contributed by atoms with Crippen LogP contribution in [0.5, 0.6) is 0 Å². The maximum absolute atomic E-state index is 13.1. The zero-order valence-electron chi connectivity index (χ0n) is 18.1. The van der Waals surface area contributed by atoms with Gasteiger partial charge >= 0.3 is 5.69 Å². The Morgan fingerprint density at radius 1 is 1.06 bits per heavy atom. The highest BCUT2D eigenvalue weighted by molar-refractivity contribution is 6.42. The van der Waals surface area contributed by atoms with Gasteiger partial charge in [-0.1, -0.05) is 42.6 Å². The summed E-state index contributed by atoms with van der Waals surface area (Å²) in [6, 6.07) is 5.95. The van der Waals surface area contributed by atoms with E-state index in [1.807, 2.05) is 16.7 Å². The predicted molar refractivity (Wildman–Crippen MR) is 124 cm³/mol. The summed E-state index contributed by atoms with van der Waals surface area (Å²) in [5, 5.41) is 0.950. The van der Waals surface area contributed by atoms with Gasteiger partial charge in [0.15, 0.2) is 11.2 Å². The first-order valence-electron chi connectivity index (χ1n) is 10.6. The lowest BCUT2D eigenvalue weighted by molar-refractivity contribution is 0.131. The maximum Gasteiger partial charge on any atom is 0.332 e. The predicted octanol–water partition coefficient (Wildman–Crippen LogP) is 3.55. The van der Waals surface area contributed by atoms with Crippen LogP contribution >= 0.6 is 23.2 Å². The van der Waals surface area contributed by atoms with Gasteiger partial charge in [0.1, 0.15) is 5.82 Å². The Morgan fingerprint density at radius 2 is 1.84 bits per heavy atom. The third-order valence-corrected chi connectivity index (χ3v) is 7.06. The number of piperidine rings is 1. The molecule has 0 bridgehead atoms. The van der Waals surface area contributed by atoms with Crippen molar-refractivity contribution in [2.45, 2.75) is 51.7 Å². The van der Waals surface area contributed by atoms with Crippen LogP contribution in [0.1, 0.15) is 44.0 Å². The number of aryl methyl sites for hydroxylation is 1. The summed E-state index contributed by atoms with van der Waals surface area (Å²) in [5.74, 6) is 0.778. The van der Waals surface area contributed by atoms with Gasteiger partial charge in [-0.05, 0) is 43.5 Å². The number of aromatic nitrogens is 4. The molecule has 0 amide bonds. The van der Waals surface area contributed by atoms with Gasteiger partial charge in [-0.3, -0.25) is 18.8 Å². The van der Waals surface area contributed by atoms with Crippen molar-refractivity contribution >= 4 is 34.4 Å². The molecule has 166 valence electrons. The lowest BCUT2D eigenvalue weighted by Gasteiger charge is -2.34. The van der Waals surface area contributed by atoms with E-state index in [1.54, 1.807) is 13.1 Å². The molecule has 0 radical (unpaired) electrons. The fourth-order valence-corrected chi connectivity index (χ4v) is 4.84. The first-order chi connectivity index (χ1) is 14.8. The number of imidazole rings is 1. The van der Waals surface area contributed by atoms with Crippen molar-refractivity contribution in [3.05, 3.63) is 60.5 Å². The van der Waals surface area contributed by atoms with Gasteiger partial charge in [0.05, 0.1) is 16.6 Å². The van der Waals surface area contributed by atoms with Crippen LogP contribution in [-0.2, 0) is 27.2 Å². The third kappa shape index (κ3) is 4.06. The lowest BCUT2D eigenvalue weighted by Crippen LogP contribution is -2.39. The molecule has 0 spiro atoms. The molecular formula is C22H27Cl2N5O2. The normalized spacial score (nSPS) is 17.5. The summed E-state index contributed by atoms with van der Waals surface area (Å²) >= 11 is 12.3. The van der Waals surface area contributed by atoms with E-state index in [1.165, 1.54) is 24.5 Å². The van der Waals surface area contributed by atoms with Crippen LogP contribution in [0, 0.1) is 0 Å². The summed E-state index contributed by atoms with van der Waals surface area (Å²) in [4.78, 5) is 32.8. The molecule has 3 heterocycles. The number of benzene rings is 1. The maximum atomic E-state index is 13.1. The van der Waals surface area contributed by atoms with Gasteiger partial charge in [-0.25, -0.2) is 9.78 Å². The lowest BCUT2D eigenvalue weighted by atomic mass is 10.00. The highest BCUT2D eigenvalue weighted by atomic mass is 35.5. The average Bonchev–Trinajstić information content (AvgIpc) is 3.11. The van der Waals surface area contributed by atoms with Crippen LogP contribution in [0.25, 0.3) is 11.2 Å². The number of halogens is 2. The number of nitrogens with zero attached hydrogens (tertiary/aromatic N) is 5. The van der Waals surface area contributed by atoms with Gasteiger partial charge in [-0.2, -0.15) is 0 Å². The number of hydrogen-bond donors (Lipinski definition) is 0.